The van der Waals surface area contributed by atoms with Gasteiger partial charge in [0.2, 0.25) is 5.82 Å². The fourth-order valence-electron chi connectivity index (χ4n) is 2.57. The molecule has 39 heavy (non-hydrogen) atoms. The lowest BCUT2D eigenvalue weighted by atomic mass is 10.1. The highest BCUT2D eigenvalue weighted by Gasteiger charge is 2.14. The minimum Gasteiger partial charge on any atom is -0.461 e. The number of hydrogen-bond donors (Lipinski definition) is 3. The molecule has 0 saturated carbocycles. The molecule has 210 valence electrons. The van der Waals surface area contributed by atoms with E-state index in [0.29, 0.717) is 26.8 Å². The number of esters is 2. The quantitative estimate of drug-likeness (QED) is 0.128. The molecule has 0 radical (unpaired) electrons. The number of H-pyrrole nitrogens is 1. The number of carbonyl (C=O) groups excluding carboxylic acids is 3. The van der Waals surface area contributed by atoms with Gasteiger partial charge in [0, 0.05) is 14.5 Å². The van der Waals surface area contributed by atoms with Gasteiger partial charge in [-0.1, -0.05) is 31.9 Å². The van der Waals surface area contributed by atoms with Crippen molar-refractivity contribution in [1.29, 1.82) is 5.41 Å². The summed E-state index contributed by atoms with van der Waals surface area (Å²) >= 11 is 7.34. The Bertz CT molecular complexity index is 1310. The van der Waals surface area contributed by atoms with E-state index in [1.54, 1.807) is 38.3 Å². The Labute approximate surface area is 245 Å². The number of hydrogen-bond acceptors (Lipinski definition) is 9. The highest BCUT2D eigenvalue weighted by Crippen LogP contribution is 2.24. The number of nitrogens with two attached hydrogens (primary N) is 1. The van der Waals surface area contributed by atoms with Crippen LogP contribution in [0.1, 0.15) is 34.8 Å². The first-order valence-electron chi connectivity index (χ1n) is 11.1. The number of halogens is 4. The van der Waals surface area contributed by atoms with Crippen LogP contribution < -0.4 is 5.73 Å². The first kappa shape index (κ1) is 34.1. The number of aromatic nitrogens is 2. The highest BCUT2D eigenvalue weighted by atomic mass is 79.9. The maximum Gasteiger partial charge on any atom is 0.374 e. The molecule has 0 spiro atoms. The van der Waals surface area contributed by atoms with E-state index in [2.05, 4.69) is 46.6 Å². The molecule has 2 aromatic carbocycles. The average Bonchev–Trinajstić information content (AvgIpc) is 3.39. The van der Waals surface area contributed by atoms with E-state index < -0.39 is 23.6 Å². The van der Waals surface area contributed by atoms with Crippen molar-refractivity contribution >= 4 is 66.4 Å². The number of rotatable bonds is 6. The van der Waals surface area contributed by atoms with E-state index in [4.69, 9.17) is 15.9 Å². The molecule has 0 aliphatic rings. The molecule has 0 aliphatic heterocycles. The van der Waals surface area contributed by atoms with Crippen LogP contribution in [0.4, 0.5) is 8.78 Å². The average molecular weight is 692 g/mol. The van der Waals surface area contributed by atoms with Crippen molar-refractivity contribution in [2.45, 2.75) is 13.8 Å². The first-order chi connectivity index (χ1) is 18.5. The van der Waals surface area contributed by atoms with Crippen molar-refractivity contribution in [1.82, 2.24) is 9.97 Å². The number of thioether (sulfide) groups is 1. The molecule has 1 aromatic heterocycles. The van der Waals surface area contributed by atoms with Gasteiger partial charge in [-0.3, -0.25) is 10.2 Å². The number of aromatic amines is 1. The molecule has 3 rings (SSSR count). The smallest absolute Gasteiger partial charge is 0.374 e. The van der Waals surface area contributed by atoms with Gasteiger partial charge in [-0.05, 0) is 56.5 Å². The summed E-state index contributed by atoms with van der Waals surface area (Å²) in [4.78, 5) is 39.5. The third-order valence-electron chi connectivity index (χ3n) is 4.35. The lowest BCUT2D eigenvalue weighted by Gasteiger charge is -2.00. The van der Waals surface area contributed by atoms with E-state index in [9.17, 15) is 23.2 Å². The number of ether oxygens (including phenoxy) is 2. The Kier molecular flexibility index (Phi) is 15.4. The second-order valence-corrected chi connectivity index (χ2v) is 9.64. The number of imidazole rings is 1. The van der Waals surface area contributed by atoms with Crippen LogP contribution in [0.3, 0.4) is 0 Å². The minimum atomic E-state index is -0.554. The van der Waals surface area contributed by atoms with Crippen LogP contribution in [-0.2, 0) is 14.3 Å². The molecule has 0 fully saturated rings. The summed E-state index contributed by atoms with van der Waals surface area (Å²) in [6.45, 7) is 3.85. The van der Waals surface area contributed by atoms with Gasteiger partial charge in [-0.2, -0.15) is 0 Å². The predicted octanol–water partition coefficient (Wildman–Crippen LogP) is 5.77. The van der Waals surface area contributed by atoms with Gasteiger partial charge in [0.15, 0.2) is 10.8 Å². The zero-order valence-electron chi connectivity index (χ0n) is 21.1. The van der Waals surface area contributed by atoms with E-state index in [1.807, 2.05) is 0 Å². The molecule has 1 heterocycles. The second kappa shape index (κ2) is 17.6. The Morgan fingerprint density at radius 3 is 2.13 bits per heavy atom. The molecule has 0 amide bonds. The van der Waals surface area contributed by atoms with E-state index in [0.717, 1.165) is 11.8 Å². The van der Waals surface area contributed by atoms with Crippen molar-refractivity contribution in [3.05, 3.63) is 74.6 Å². The fourth-order valence-corrected chi connectivity index (χ4v) is 3.47. The molecule has 0 atom stereocenters. The van der Waals surface area contributed by atoms with Crippen LogP contribution in [0.25, 0.3) is 11.3 Å². The SMILES string of the molecule is CCOC(=O)C(=N)SC.CCOC(=O)c1ncc(-c2ccc(Br)cc2F)[nH]1.NCC(=O)c1ccc(Br)cc1F. The molecular weight excluding hydrogens is 666 g/mol. The Morgan fingerprint density at radius 2 is 1.62 bits per heavy atom. The van der Waals surface area contributed by atoms with Crippen LogP contribution in [-0.4, -0.2) is 58.7 Å². The van der Waals surface area contributed by atoms with Crippen LogP contribution in [0.15, 0.2) is 51.5 Å². The van der Waals surface area contributed by atoms with Gasteiger partial charge >= 0.3 is 11.9 Å². The van der Waals surface area contributed by atoms with E-state index >= 15 is 0 Å². The van der Waals surface area contributed by atoms with Gasteiger partial charge < -0.3 is 20.2 Å². The fraction of sp³-hybridized carbons (Fsp3) is 0.240. The Balaban J connectivity index is 0.000000315. The van der Waals surface area contributed by atoms with E-state index in [1.165, 1.54) is 24.4 Å². The third kappa shape index (κ3) is 11.4. The van der Waals surface area contributed by atoms with Crippen LogP contribution >= 0.6 is 43.6 Å². The zero-order valence-corrected chi connectivity index (χ0v) is 25.1. The molecule has 0 saturated heterocycles. The maximum atomic E-state index is 13.7. The van der Waals surface area contributed by atoms with Gasteiger partial charge in [-0.25, -0.2) is 23.4 Å². The molecule has 0 aliphatic carbocycles. The van der Waals surface area contributed by atoms with Crippen molar-refractivity contribution in [3.63, 3.8) is 0 Å². The molecular formula is C25H26Br2F2N4O5S. The molecule has 9 nitrogen and oxygen atoms in total. The standard InChI is InChI=1S/C12H10BrFN2O2.C8H7BrFNO.C5H9NO2S/c1-2-18-12(17)11-15-6-10(16-11)8-4-3-7(13)5-9(8)14;9-5-1-2-6(7(10)3-5)8(12)4-11;1-3-8-5(7)4(6)9-2/h3-6H,2H2,1H3,(H,15,16);1-3H,4,11H2;6H,3H2,1-2H3. The first-order valence-corrected chi connectivity index (χ1v) is 13.9. The van der Waals surface area contributed by atoms with Crippen molar-refractivity contribution < 1.29 is 32.6 Å². The summed E-state index contributed by atoms with van der Waals surface area (Å²) < 4.78 is 37.2. The molecule has 0 bridgehead atoms. The van der Waals surface area contributed by atoms with Crippen LogP contribution in [0.5, 0.6) is 0 Å². The number of nitrogens with zero attached hydrogens (tertiary/aromatic N) is 1. The number of carbonyl (C=O) groups is 3. The summed E-state index contributed by atoms with van der Waals surface area (Å²) in [5.74, 6) is -2.36. The van der Waals surface area contributed by atoms with Crippen molar-refractivity contribution in [3.8, 4) is 11.3 Å². The Morgan fingerprint density at radius 1 is 1.03 bits per heavy atom. The van der Waals surface area contributed by atoms with Gasteiger partial charge in [0.25, 0.3) is 0 Å². The summed E-state index contributed by atoms with van der Waals surface area (Å²) in [5, 5.41) is 6.89. The molecule has 14 heteroatoms. The lowest BCUT2D eigenvalue weighted by Crippen LogP contribution is -2.14. The van der Waals surface area contributed by atoms with Gasteiger partial charge in [0.05, 0.1) is 37.2 Å². The number of nitrogens with one attached hydrogen (secondary N) is 2. The monoisotopic (exact) mass is 690 g/mol. The van der Waals surface area contributed by atoms with E-state index in [-0.39, 0.29) is 35.4 Å². The summed E-state index contributed by atoms with van der Waals surface area (Å²) in [7, 11) is 0. The number of benzene rings is 2. The zero-order chi connectivity index (χ0) is 29.5. The van der Waals surface area contributed by atoms with Crippen molar-refractivity contribution in [2.75, 3.05) is 26.0 Å². The van der Waals surface area contributed by atoms with Gasteiger partial charge in [0.1, 0.15) is 11.6 Å². The molecule has 0 unspecified atom stereocenters. The summed E-state index contributed by atoms with van der Waals surface area (Å²) in [6.07, 6.45) is 3.07. The predicted molar refractivity (Wildman–Crippen MR) is 153 cm³/mol. The molecule has 3 aromatic rings. The summed E-state index contributed by atoms with van der Waals surface area (Å²) in [6, 6.07) is 8.91. The number of Topliss-reactive ketones (excluding diaryl/α,β-unsaturated/α-hetero) is 1. The topological polar surface area (TPSA) is 148 Å². The van der Waals surface area contributed by atoms with Crippen LogP contribution in [0, 0.1) is 17.0 Å². The molecule has 4 N–H and O–H groups in total. The lowest BCUT2D eigenvalue weighted by molar-refractivity contribution is -0.134. The van der Waals surface area contributed by atoms with Crippen LogP contribution in [0.2, 0.25) is 0 Å². The van der Waals surface area contributed by atoms with Gasteiger partial charge in [-0.15, -0.1) is 11.8 Å². The Hall–Kier alpha value is -2.94. The second-order valence-electron chi connectivity index (χ2n) is 7.00. The largest absolute Gasteiger partial charge is 0.461 e. The number of ketones is 1. The third-order valence-corrected chi connectivity index (χ3v) is 5.91. The normalized spacial score (nSPS) is 9.85. The summed E-state index contributed by atoms with van der Waals surface area (Å²) in [5.41, 5.74) is 5.91. The minimum absolute atomic E-state index is 0.0423. The maximum absolute atomic E-state index is 13.7. The van der Waals surface area contributed by atoms with Crippen molar-refractivity contribution in [2.24, 2.45) is 5.73 Å². The highest BCUT2D eigenvalue weighted by molar-refractivity contribution is 9.10.